The maximum Gasteiger partial charge on any atom is 0.310 e. The van der Waals surface area contributed by atoms with E-state index in [2.05, 4.69) is 0 Å². The highest BCUT2D eigenvalue weighted by molar-refractivity contribution is 8.45. The van der Waals surface area contributed by atoms with Gasteiger partial charge in [0, 0.05) is 0 Å². The standard InChI is InChI=1S/C6H4ClF5OS/c7-5-3-4(1-2-6(5)13)14(8,9,10,11)12/h1-3,13H. The summed E-state index contributed by atoms with van der Waals surface area (Å²) < 4.78 is 60.6. The summed E-state index contributed by atoms with van der Waals surface area (Å²) in [5.41, 5.74) is 0. The highest BCUT2D eigenvalue weighted by Crippen LogP contribution is 3.02. The van der Waals surface area contributed by atoms with E-state index in [1.54, 1.807) is 0 Å². The van der Waals surface area contributed by atoms with Crippen molar-refractivity contribution in [3.05, 3.63) is 23.2 Å². The van der Waals surface area contributed by atoms with E-state index in [0.29, 0.717) is 6.07 Å². The SMILES string of the molecule is Oc1ccc(S(F)(F)(F)(F)F)cc1Cl. The van der Waals surface area contributed by atoms with Crippen LogP contribution in [-0.2, 0) is 0 Å². The number of rotatable bonds is 1. The topological polar surface area (TPSA) is 20.2 Å². The predicted molar refractivity (Wildman–Crippen MR) is 44.5 cm³/mol. The summed E-state index contributed by atoms with van der Waals surface area (Å²) in [5, 5.41) is 7.98. The van der Waals surface area contributed by atoms with Crippen molar-refractivity contribution in [2.45, 2.75) is 4.90 Å². The molecule has 1 nitrogen and oxygen atoms in total. The number of halogens is 6. The third kappa shape index (κ3) is 2.42. The number of hydrogen-bond donors (Lipinski definition) is 1. The van der Waals surface area contributed by atoms with E-state index in [0.717, 1.165) is 0 Å². The van der Waals surface area contributed by atoms with Crippen LogP contribution in [0.1, 0.15) is 0 Å². The molecule has 0 aromatic heterocycles. The first-order valence-electron chi connectivity index (χ1n) is 3.13. The van der Waals surface area contributed by atoms with E-state index >= 15 is 0 Å². The van der Waals surface area contributed by atoms with Crippen molar-refractivity contribution in [3.8, 4) is 5.75 Å². The van der Waals surface area contributed by atoms with Gasteiger partial charge in [0.2, 0.25) is 0 Å². The molecule has 0 aliphatic carbocycles. The molecule has 0 unspecified atom stereocenters. The Morgan fingerprint density at radius 3 is 1.93 bits per heavy atom. The molecule has 0 saturated heterocycles. The molecule has 1 N–H and O–H groups in total. The number of aromatic hydroxyl groups is 1. The fraction of sp³-hybridized carbons (Fsp3) is 0. The fourth-order valence-electron chi connectivity index (χ4n) is 0.728. The largest absolute Gasteiger partial charge is 0.506 e. The first kappa shape index (κ1) is 11.4. The third-order valence-corrected chi connectivity index (χ3v) is 2.81. The highest BCUT2D eigenvalue weighted by atomic mass is 35.5. The van der Waals surface area contributed by atoms with Gasteiger partial charge in [0.05, 0.1) is 5.02 Å². The van der Waals surface area contributed by atoms with Crippen molar-refractivity contribution in [2.24, 2.45) is 0 Å². The van der Waals surface area contributed by atoms with Crippen LogP contribution >= 0.6 is 21.8 Å². The molecule has 1 aromatic rings. The number of phenolic OH excluding ortho intramolecular Hbond substituents is 1. The Balaban J connectivity index is 3.45. The van der Waals surface area contributed by atoms with Gasteiger partial charge < -0.3 is 5.11 Å². The van der Waals surface area contributed by atoms with E-state index in [1.807, 2.05) is 0 Å². The van der Waals surface area contributed by atoms with Gasteiger partial charge in [0.25, 0.3) is 0 Å². The Bertz CT molecular complexity index is 386. The van der Waals surface area contributed by atoms with Crippen LogP contribution in [0.15, 0.2) is 23.1 Å². The minimum Gasteiger partial charge on any atom is -0.506 e. The average Bonchev–Trinajstić information content (AvgIpc) is 1.89. The van der Waals surface area contributed by atoms with Crippen LogP contribution in [0.4, 0.5) is 19.4 Å². The lowest BCUT2D eigenvalue weighted by atomic mass is 10.3. The van der Waals surface area contributed by atoms with Gasteiger partial charge in [-0.25, -0.2) is 0 Å². The zero-order valence-corrected chi connectivity index (χ0v) is 7.93. The maximum absolute atomic E-state index is 12.1. The molecule has 8 heteroatoms. The summed E-state index contributed by atoms with van der Waals surface area (Å²) >= 11 is 5.08. The molecule has 0 aliphatic heterocycles. The number of phenols is 1. The van der Waals surface area contributed by atoms with Crippen molar-refractivity contribution < 1.29 is 24.5 Å². The van der Waals surface area contributed by atoms with E-state index in [-0.39, 0.29) is 12.1 Å². The van der Waals surface area contributed by atoms with E-state index in [1.165, 1.54) is 0 Å². The molecule has 0 amide bonds. The first-order chi connectivity index (χ1) is 5.90. The highest BCUT2D eigenvalue weighted by Gasteiger charge is 2.65. The van der Waals surface area contributed by atoms with E-state index in [9.17, 15) is 19.4 Å². The fourth-order valence-corrected chi connectivity index (χ4v) is 1.64. The maximum atomic E-state index is 12.1. The van der Waals surface area contributed by atoms with Crippen molar-refractivity contribution >= 4 is 21.8 Å². The Labute approximate surface area is 80.8 Å². The molecular formula is C6H4ClF5OS. The summed E-state index contributed by atoms with van der Waals surface area (Å²) in [7, 11) is -9.68. The van der Waals surface area contributed by atoms with Crippen molar-refractivity contribution in [1.82, 2.24) is 0 Å². The minimum atomic E-state index is -9.68. The Morgan fingerprint density at radius 1 is 1.07 bits per heavy atom. The quantitative estimate of drug-likeness (QED) is 0.720. The summed E-state index contributed by atoms with van der Waals surface area (Å²) in [6.45, 7) is 0. The van der Waals surface area contributed by atoms with Crippen LogP contribution in [-0.4, -0.2) is 5.11 Å². The van der Waals surface area contributed by atoms with Crippen molar-refractivity contribution in [1.29, 1.82) is 0 Å². The molecule has 0 aliphatic rings. The van der Waals surface area contributed by atoms with Gasteiger partial charge in [-0.15, -0.1) is 0 Å². The Kier molecular flexibility index (Phi) is 1.85. The number of hydrogen-bond acceptors (Lipinski definition) is 1. The van der Waals surface area contributed by atoms with Gasteiger partial charge >= 0.3 is 10.2 Å². The molecular weight excluding hydrogens is 251 g/mol. The van der Waals surface area contributed by atoms with Crippen LogP contribution < -0.4 is 0 Å². The molecule has 1 rings (SSSR count). The van der Waals surface area contributed by atoms with Crippen LogP contribution in [0.5, 0.6) is 5.75 Å². The van der Waals surface area contributed by atoms with Crippen LogP contribution in [0, 0.1) is 0 Å². The second-order valence-electron chi connectivity index (χ2n) is 2.58. The second kappa shape index (κ2) is 2.27. The van der Waals surface area contributed by atoms with Crippen molar-refractivity contribution in [2.75, 3.05) is 0 Å². The zero-order valence-electron chi connectivity index (χ0n) is 6.36. The molecule has 0 bridgehead atoms. The van der Waals surface area contributed by atoms with Gasteiger partial charge in [-0.05, 0) is 18.2 Å². The molecule has 0 fully saturated rings. The molecule has 0 heterocycles. The Hall–Kier alpha value is -0.690. The molecule has 14 heavy (non-hydrogen) atoms. The smallest absolute Gasteiger partial charge is 0.310 e. The van der Waals surface area contributed by atoms with Crippen molar-refractivity contribution in [3.63, 3.8) is 0 Å². The monoisotopic (exact) mass is 254 g/mol. The van der Waals surface area contributed by atoms with Crippen LogP contribution in [0.2, 0.25) is 5.02 Å². The molecule has 0 atom stereocenters. The number of benzene rings is 1. The van der Waals surface area contributed by atoms with Gasteiger partial charge in [0.1, 0.15) is 10.6 Å². The first-order valence-corrected chi connectivity index (χ1v) is 5.46. The predicted octanol–water partition coefficient (Wildman–Crippen LogP) is 4.70. The lowest BCUT2D eigenvalue weighted by Crippen LogP contribution is -2.05. The van der Waals surface area contributed by atoms with Gasteiger partial charge in [-0.1, -0.05) is 31.0 Å². The van der Waals surface area contributed by atoms with Gasteiger partial charge in [-0.2, -0.15) is 0 Å². The van der Waals surface area contributed by atoms with Crippen LogP contribution in [0.3, 0.4) is 0 Å². The Morgan fingerprint density at radius 2 is 1.57 bits per heavy atom. The normalized spacial score (nSPS) is 17.3. The van der Waals surface area contributed by atoms with E-state index < -0.39 is 25.9 Å². The van der Waals surface area contributed by atoms with Gasteiger partial charge in [0.15, 0.2) is 0 Å². The molecule has 82 valence electrons. The second-order valence-corrected chi connectivity index (χ2v) is 5.40. The third-order valence-electron chi connectivity index (χ3n) is 1.36. The lowest BCUT2D eigenvalue weighted by Gasteiger charge is -2.40. The molecule has 0 radical (unpaired) electrons. The lowest BCUT2D eigenvalue weighted by molar-refractivity contribution is 0.364. The summed E-state index contributed by atoms with van der Waals surface area (Å²) in [6.07, 6.45) is 0. The minimum absolute atomic E-state index is 0.00154. The summed E-state index contributed by atoms with van der Waals surface area (Å²) in [6, 6.07) is 0.552. The van der Waals surface area contributed by atoms with Crippen LogP contribution in [0.25, 0.3) is 0 Å². The molecule has 1 aromatic carbocycles. The molecule has 0 spiro atoms. The summed E-state index contributed by atoms with van der Waals surface area (Å²) in [5.74, 6) is -0.683. The van der Waals surface area contributed by atoms with Gasteiger partial charge in [-0.3, -0.25) is 0 Å². The molecule has 0 saturated carbocycles. The summed E-state index contributed by atoms with van der Waals surface area (Å²) in [4.78, 5) is -2.12. The van der Waals surface area contributed by atoms with E-state index in [4.69, 9.17) is 16.7 Å². The zero-order chi connectivity index (χ0) is 11.3. The average molecular weight is 255 g/mol.